The van der Waals surface area contributed by atoms with Gasteiger partial charge < -0.3 is 14.8 Å². The van der Waals surface area contributed by atoms with Crippen LogP contribution in [0.2, 0.25) is 0 Å². The van der Waals surface area contributed by atoms with Gasteiger partial charge in [-0.15, -0.1) is 0 Å². The van der Waals surface area contributed by atoms with Gasteiger partial charge in [0.25, 0.3) is 5.91 Å². The van der Waals surface area contributed by atoms with Crippen molar-refractivity contribution in [1.82, 2.24) is 0 Å². The van der Waals surface area contributed by atoms with Crippen molar-refractivity contribution < 1.29 is 23.9 Å². The monoisotopic (exact) mass is 387 g/mol. The fourth-order valence-electron chi connectivity index (χ4n) is 3.28. The van der Waals surface area contributed by atoms with E-state index in [1.807, 2.05) is 0 Å². The number of nitrogens with one attached hydrogen (secondary N) is 1. The number of hydrogen-bond acceptors (Lipinski definition) is 5. The number of carbonyl (C=O) groups is 3. The number of methoxy groups -OCH3 is 1. The first-order chi connectivity index (χ1) is 14.1. The molecule has 6 heteroatoms. The molecule has 0 atom stereocenters. The summed E-state index contributed by atoms with van der Waals surface area (Å²) in [5, 5.41) is 2.68. The Morgan fingerprint density at radius 1 is 0.828 bits per heavy atom. The van der Waals surface area contributed by atoms with Crippen LogP contribution in [-0.2, 0) is 4.79 Å². The van der Waals surface area contributed by atoms with Gasteiger partial charge in [0.05, 0.1) is 18.4 Å². The van der Waals surface area contributed by atoms with Crippen LogP contribution in [0, 0.1) is 0 Å². The van der Waals surface area contributed by atoms with Crippen molar-refractivity contribution in [3.63, 3.8) is 0 Å². The van der Waals surface area contributed by atoms with E-state index in [0.717, 1.165) is 0 Å². The van der Waals surface area contributed by atoms with Crippen molar-refractivity contribution in [3.05, 3.63) is 89.0 Å². The SMILES string of the molecule is COc1cccc(OCC(=O)Nc2cccc3c2C(=O)c2ccccc2C3=O)c1. The third-order valence-corrected chi connectivity index (χ3v) is 4.64. The van der Waals surface area contributed by atoms with Gasteiger partial charge in [0.15, 0.2) is 18.2 Å². The molecule has 1 aliphatic carbocycles. The number of ether oxygens (including phenoxy) is 2. The molecule has 144 valence electrons. The van der Waals surface area contributed by atoms with Crippen LogP contribution >= 0.6 is 0 Å². The molecule has 0 heterocycles. The second kappa shape index (κ2) is 7.59. The van der Waals surface area contributed by atoms with E-state index >= 15 is 0 Å². The van der Waals surface area contributed by atoms with E-state index in [4.69, 9.17) is 9.47 Å². The molecule has 0 bridgehead atoms. The Balaban J connectivity index is 1.55. The Morgan fingerprint density at radius 3 is 2.24 bits per heavy atom. The van der Waals surface area contributed by atoms with E-state index in [-0.39, 0.29) is 35.0 Å². The van der Waals surface area contributed by atoms with Crippen molar-refractivity contribution in [1.29, 1.82) is 0 Å². The molecule has 4 rings (SSSR count). The topological polar surface area (TPSA) is 81.7 Å². The predicted octanol–water partition coefficient (Wildman–Crippen LogP) is 3.49. The lowest BCUT2D eigenvalue weighted by Gasteiger charge is -2.20. The van der Waals surface area contributed by atoms with Gasteiger partial charge in [-0.25, -0.2) is 0 Å². The Hall–Kier alpha value is -3.93. The van der Waals surface area contributed by atoms with E-state index in [1.54, 1.807) is 73.8 Å². The zero-order chi connectivity index (χ0) is 20.4. The van der Waals surface area contributed by atoms with Crippen LogP contribution in [0.15, 0.2) is 66.7 Å². The molecule has 0 aliphatic heterocycles. The molecule has 0 fully saturated rings. The Labute approximate surface area is 167 Å². The van der Waals surface area contributed by atoms with E-state index in [2.05, 4.69) is 5.32 Å². The van der Waals surface area contributed by atoms with Gasteiger partial charge in [-0.2, -0.15) is 0 Å². The average Bonchev–Trinajstić information content (AvgIpc) is 2.76. The van der Waals surface area contributed by atoms with Crippen LogP contribution in [0.5, 0.6) is 11.5 Å². The summed E-state index contributed by atoms with van der Waals surface area (Å²) in [5.74, 6) is 0.122. The van der Waals surface area contributed by atoms with Crippen molar-refractivity contribution in [2.24, 2.45) is 0 Å². The maximum absolute atomic E-state index is 13.0. The minimum atomic E-state index is -0.444. The van der Waals surface area contributed by atoms with Crippen LogP contribution in [0.3, 0.4) is 0 Å². The molecule has 29 heavy (non-hydrogen) atoms. The number of rotatable bonds is 5. The number of ketones is 2. The molecule has 6 nitrogen and oxygen atoms in total. The third-order valence-electron chi connectivity index (χ3n) is 4.64. The van der Waals surface area contributed by atoms with E-state index < -0.39 is 5.91 Å². The Bertz CT molecular complexity index is 1140. The highest BCUT2D eigenvalue weighted by atomic mass is 16.5. The average molecular weight is 387 g/mol. The summed E-state index contributed by atoms with van der Waals surface area (Å²) < 4.78 is 10.6. The lowest BCUT2D eigenvalue weighted by atomic mass is 9.83. The summed E-state index contributed by atoms with van der Waals surface area (Å²) in [6.45, 7) is -0.254. The first kappa shape index (κ1) is 18.4. The summed E-state index contributed by atoms with van der Waals surface area (Å²) >= 11 is 0. The molecular formula is C23H17NO5. The quantitative estimate of drug-likeness (QED) is 0.567. The number of carbonyl (C=O) groups excluding carboxylic acids is 3. The second-order valence-electron chi connectivity index (χ2n) is 6.45. The Morgan fingerprint density at radius 2 is 1.48 bits per heavy atom. The van der Waals surface area contributed by atoms with E-state index in [1.165, 1.54) is 0 Å². The molecule has 1 N–H and O–H groups in total. The molecule has 0 aromatic heterocycles. The maximum atomic E-state index is 13.0. The van der Waals surface area contributed by atoms with Gasteiger partial charge in [0.1, 0.15) is 11.5 Å². The maximum Gasteiger partial charge on any atom is 0.262 e. The van der Waals surface area contributed by atoms with Gasteiger partial charge in [-0.3, -0.25) is 14.4 Å². The zero-order valence-electron chi connectivity index (χ0n) is 15.6. The minimum Gasteiger partial charge on any atom is -0.497 e. The molecule has 1 aliphatic rings. The lowest BCUT2D eigenvalue weighted by molar-refractivity contribution is -0.118. The van der Waals surface area contributed by atoms with Crippen LogP contribution < -0.4 is 14.8 Å². The molecule has 3 aromatic carbocycles. The van der Waals surface area contributed by atoms with Crippen LogP contribution in [-0.4, -0.2) is 31.2 Å². The molecule has 0 unspecified atom stereocenters. The highest BCUT2D eigenvalue weighted by Crippen LogP contribution is 2.31. The summed E-state index contributed by atoms with van der Waals surface area (Å²) in [7, 11) is 1.54. The van der Waals surface area contributed by atoms with Crippen LogP contribution in [0.4, 0.5) is 5.69 Å². The molecule has 3 aromatic rings. The molecule has 1 amide bonds. The van der Waals surface area contributed by atoms with Gasteiger partial charge in [0, 0.05) is 22.8 Å². The summed E-state index contributed by atoms with van der Waals surface area (Å²) in [6, 6.07) is 18.4. The standard InChI is InChI=1S/C23H17NO5/c1-28-14-6-4-7-15(12-14)29-13-20(25)24-19-11-5-10-18-21(19)23(27)17-9-3-2-8-16(17)22(18)26/h2-12H,13H2,1H3,(H,24,25). The third kappa shape index (κ3) is 3.48. The van der Waals surface area contributed by atoms with E-state index in [0.29, 0.717) is 22.6 Å². The minimum absolute atomic E-state index is 0.200. The van der Waals surface area contributed by atoms with Crippen molar-refractivity contribution in [3.8, 4) is 11.5 Å². The summed E-state index contributed by atoms with van der Waals surface area (Å²) in [6.07, 6.45) is 0. The predicted molar refractivity (Wildman–Crippen MR) is 107 cm³/mol. The van der Waals surface area contributed by atoms with Crippen molar-refractivity contribution >= 4 is 23.2 Å². The highest BCUT2D eigenvalue weighted by molar-refractivity contribution is 6.30. The number of amides is 1. The fourth-order valence-corrected chi connectivity index (χ4v) is 3.28. The van der Waals surface area contributed by atoms with Gasteiger partial charge in [-0.1, -0.05) is 42.5 Å². The molecule has 0 saturated carbocycles. The first-order valence-corrected chi connectivity index (χ1v) is 8.96. The van der Waals surface area contributed by atoms with Gasteiger partial charge >= 0.3 is 0 Å². The smallest absolute Gasteiger partial charge is 0.262 e. The fraction of sp³-hybridized carbons (Fsp3) is 0.0870. The number of fused-ring (bicyclic) bond motifs is 2. The van der Waals surface area contributed by atoms with Crippen LogP contribution in [0.1, 0.15) is 31.8 Å². The molecular weight excluding hydrogens is 370 g/mol. The number of anilines is 1. The largest absolute Gasteiger partial charge is 0.497 e. The number of hydrogen-bond donors (Lipinski definition) is 1. The van der Waals surface area contributed by atoms with Crippen LogP contribution in [0.25, 0.3) is 0 Å². The first-order valence-electron chi connectivity index (χ1n) is 8.96. The van der Waals surface area contributed by atoms with Crippen molar-refractivity contribution in [2.75, 3.05) is 19.0 Å². The molecule has 0 radical (unpaired) electrons. The van der Waals surface area contributed by atoms with E-state index in [9.17, 15) is 14.4 Å². The van der Waals surface area contributed by atoms with Gasteiger partial charge in [0.2, 0.25) is 0 Å². The zero-order valence-corrected chi connectivity index (χ0v) is 15.6. The summed E-state index contributed by atoms with van der Waals surface area (Å²) in [5.41, 5.74) is 1.47. The van der Waals surface area contributed by atoms with Crippen molar-refractivity contribution in [2.45, 2.75) is 0 Å². The lowest BCUT2D eigenvalue weighted by Crippen LogP contribution is -2.25. The number of benzene rings is 3. The molecule has 0 spiro atoms. The normalized spacial score (nSPS) is 12.0. The highest BCUT2D eigenvalue weighted by Gasteiger charge is 2.31. The molecule has 0 saturated heterocycles. The Kier molecular flexibility index (Phi) is 4.83. The summed E-state index contributed by atoms with van der Waals surface area (Å²) in [4.78, 5) is 38.1. The van der Waals surface area contributed by atoms with Gasteiger partial charge in [-0.05, 0) is 18.2 Å². The second-order valence-corrected chi connectivity index (χ2v) is 6.45.